The second-order valence-corrected chi connectivity index (χ2v) is 2.89. The van der Waals surface area contributed by atoms with Crippen molar-refractivity contribution in [3.05, 3.63) is 30.3 Å². The monoisotopic (exact) mass is 183 g/mol. The van der Waals surface area contributed by atoms with Gasteiger partial charge in [-0.2, -0.15) is 4.83 Å². The Kier molecular flexibility index (Phi) is 3.43. The summed E-state index contributed by atoms with van der Waals surface area (Å²) >= 11 is 1.29. The maximum absolute atomic E-state index is 10.2. The van der Waals surface area contributed by atoms with Crippen molar-refractivity contribution in [1.82, 2.24) is 10.3 Å². The van der Waals surface area contributed by atoms with E-state index in [2.05, 4.69) is 10.3 Å². The molecule has 64 valence electrons. The Hall–Kier alpha value is -1.20. The van der Waals surface area contributed by atoms with Crippen LogP contribution in [0.15, 0.2) is 35.2 Å². The molecule has 1 aromatic rings. The summed E-state index contributed by atoms with van der Waals surface area (Å²) in [5, 5.41) is 0. The average Bonchev–Trinajstić information content (AvgIpc) is 2.05. The number of urea groups is 1. The molecule has 0 heterocycles. The number of carbonyl (C=O) groups excluding carboxylic acids is 1. The Morgan fingerprint density at radius 1 is 1.33 bits per heavy atom. The summed E-state index contributed by atoms with van der Waals surface area (Å²) in [5.74, 6) is 0. The third-order valence-electron chi connectivity index (χ3n) is 1.09. The van der Waals surface area contributed by atoms with Crippen LogP contribution in [0, 0.1) is 0 Å². The van der Waals surface area contributed by atoms with Crippen molar-refractivity contribution >= 4 is 18.0 Å². The van der Waals surface area contributed by atoms with E-state index in [1.54, 1.807) is 0 Å². The first-order valence-corrected chi connectivity index (χ1v) is 4.13. The standard InChI is InChI=1S/C7H9N3OS/c8-7(11)9-10-12-6-4-2-1-3-5-6/h1-5,10H,(H3,8,9,11). The van der Waals surface area contributed by atoms with Gasteiger partial charge in [-0.15, -0.1) is 0 Å². The Morgan fingerprint density at radius 2 is 2.00 bits per heavy atom. The van der Waals surface area contributed by atoms with E-state index in [-0.39, 0.29) is 0 Å². The van der Waals surface area contributed by atoms with E-state index in [0.717, 1.165) is 4.90 Å². The lowest BCUT2D eigenvalue weighted by atomic mass is 10.4. The minimum absolute atomic E-state index is 0.599. The summed E-state index contributed by atoms with van der Waals surface area (Å²) in [7, 11) is 0. The number of nitrogens with one attached hydrogen (secondary N) is 2. The molecule has 0 fully saturated rings. The quantitative estimate of drug-likeness (QED) is 0.481. The second-order valence-electron chi connectivity index (χ2n) is 2.01. The molecule has 0 bridgehead atoms. The topological polar surface area (TPSA) is 67.2 Å². The lowest BCUT2D eigenvalue weighted by Gasteiger charge is -2.02. The number of amides is 2. The van der Waals surface area contributed by atoms with Crippen LogP contribution in [0.2, 0.25) is 0 Å². The highest BCUT2D eigenvalue weighted by Gasteiger charge is 1.91. The van der Waals surface area contributed by atoms with Crippen LogP contribution in [0.5, 0.6) is 0 Å². The summed E-state index contributed by atoms with van der Waals surface area (Å²) in [6.45, 7) is 0. The molecule has 12 heavy (non-hydrogen) atoms. The molecule has 0 saturated heterocycles. The van der Waals surface area contributed by atoms with Crippen molar-refractivity contribution in [2.75, 3.05) is 0 Å². The van der Waals surface area contributed by atoms with E-state index < -0.39 is 6.03 Å². The molecule has 0 radical (unpaired) electrons. The molecule has 0 aliphatic carbocycles. The van der Waals surface area contributed by atoms with Gasteiger partial charge in [0.2, 0.25) is 0 Å². The number of hydrogen-bond donors (Lipinski definition) is 3. The minimum Gasteiger partial charge on any atom is -0.351 e. The molecule has 0 aliphatic rings. The average molecular weight is 183 g/mol. The van der Waals surface area contributed by atoms with Gasteiger partial charge >= 0.3 is 6.03 Å². The highest BCUT2D eigenvalue weighted by molar-refractivity contribution is 7.97. The molecular formula is C7H9N3OS. The molecule has 2 amide bonds. The van der Waals surface area contributed by atoms with E-state index in [4.69, 9.17) is 5.73 Å². The van der Waals surface area contributed by atoms with Gasteiger partial charge in [0.25, 0.3) is 0 Å². The fourth-order valence-corrected chi connectivity index (χ4v) is 1.19. The van der Waals surface area contributed by atoms with Crippen molar-refractivity contribution in [3.8, 4) is 0 Å². The summed E-state index contributed by atoms with van der Waals surface area (Å²) in [5.41, 5.74) is 7.08. The van der Waals surface area contributed by atoms with Crippen molar-refractivity contribution in [2.45, 2.75) is 4.90 Å². The van der Waals surface area contributed by atoms with Crippen LogP contribution in [0.25, 0.3) is 0 Å². The van der Waals surface area contributed by atoms with Gasteiger partial charge < -0.3 is 5.73 Å². The highest BCUT2D eigenvalue weighted by Crippen LogP contribution is 2.11. The van der Waals surface area contributed by atoms with Gasteiger partial charge in [0.05, 0.1) is 0 Å². The van der Waals surface area contributed by atoms with Gasteiger partial charge in [-0.1, -0.05) is 18.2 Å². The predicted octanol–water partition coefficient (Wildman–Crippen LogP) is 0.867. The number of hydrogen-bond acceptors (Lipinski definition) is 3. The van der Waals surface area contributed by atoms with E-state index in [9.17, 15) is 4.79 Å². The number of nitrogens with two attached hydrogens (primary N) is 1. The van der Waals surface area contributed by atoms with Crippen LogP contribution in [-0.2, 0) is 0 Å². The van der Waals surface area contributed by atoms with Crippen LogP contribution in [0.4, 0.5) is 4.79 Å². The molecular weight excluding hydrogens is 174 g/mol. The van der Waals surface area contributed by atoms with Crippen LogP contribution in [-0.4, -0.2) is 6.03 Å². The number of hydrazine groups is 1. The first-order valence-electron chi connectivity index (χ1n) is 3.31. The molecule has 0 aliphatic heterocycles. The highest BCUT2D eigenvalue weighted by atomic mass is 32.2. The maximum atomic E-state index is 10.2. The van der Waals surface area contributed by atoms with E-state index in [0.29, 0.717) is 0 Å². The lowest BCUT2D eigenvalue weighted by Crippen LogP contribution is -2.36. The van der Waals surface area contributed by atoms with Crippen LogP contribution >= 0.6 is 11.9 Å². The maximum Gasteiger partial charge on any atom is 0.327 e. The molecule has 1 rings (SSSR count). The van der Waals surface area contributed by atoms with E-state index in [1.807, 2.05) is 30.3 Å². The predicted molar refractivity (Wildman–Crippen MR) is 48.2 cm³/mol. The SMILES string of the molecule is NC(=O)NNSc1ccccc1. The van der Waals surface area contributed by atoms with Crippen molar-refractivity contribution in [1.29, 1.82) is 0 Å². The van der Waals surface area contributed by atoms with Crippen LogP contribution in [0.1, 0.15) is 0 Å². The first kappa shape index (κ1) is 8.89. The van der Waals surface area contributed by atoms with Crippen LogP contribution < -0.4 is 16.0 Å². The summed E-state index contributed by atoms with van der Waals surface area (Å²) in [6.07, 6.45) is 0. The zero-order chi connectivity index (χ0) is 8.81. The molecule has 0 aromatic heterocycles. The molecule has 1 aromatic carbocycles. The summed E-state index contributed by atoms with van der Waals surface area (Å²) in [6, 6.07) is 8.98. The van der Waals surface area contributed by atoms with Crippen molar-refractivity contribution in [2.24, 2.45) is 5.73 Å². The number of carbonyl (C=O) groups is 1. The van der Waals surface area contributed by atoms with Gasteiger partial charge in [-0.05, 0) is 24.1 Å². The number of primary amides is 1. The molecule has 4 N–H and O–H groups in total. The van der Waals surface area contributed by atoms with E-state index in [1.165, 1.54) is 11.9 Å². The zero-order valence-electron chi connectivity index (χ0n) is 6.28. The van der Waals surface area contributed by atoms with Crippen molar-refractivity contribution < 1.29 is 4.79 Å². The molecule has 0 saturated carbocycles. The molecule has 0 spiro atoms. The zero-order valence-corrected chi connectivity index (χ0v) is 7.10. The first-order chi connectivity index (χ1) is 5.79. The third kappa shape index (κ3) is 3.27. The molecule has 4 nitrogen and oxygen atoms in total. The normalized spacial score (nSPS) is 9.33. The Labute approximate surface area is 74.6 Å². The molecule has 0 unspecified atom stereocenters. The van der Waals surface area contributed by atoms with Gasteiger partial charge in [0.1, 0.15) is 0 Å². The van der Waals surface area contributed by atoms with E-state index >= 15 is 0 Å². The fourth-order valence-electron chi connectivity index (χ4n) is 0.623. The number of rotatable bonds is 3. The summed E-state index contributed by atoms with van der Waals surface area (Å²) in [4.78, 5) is 13.8. The van der Waals surface area contributed by atoms with Gasteiger partial charge in [0.15, 0.2) is 0 Å². The Bertz CT molecular complexity index is 252. The second kappa shape index (κ2) is 4.63. The van der Waals surface area contributed by atoms with Crippen molar-refractivity contribution in [3.63, 3.8) is 0 Å². The largest absolute Gasteiger partial charge is 0.351 e. The fraction of sp³-hybridized carbons (Fsp3) is 0. The smallest absolute Gasteiger partial charge is 0.327 e. The Balaban J connectivity index is 2.29. The van der Waals surface area contributed by atoms with Gasteiger partial charge in [-0.3, -0.25) is 5.43 Å². The lowest BCUT2D eigenvalue weighted by molar-refractivity contribution is 0.248. The van der Waals surface area contributed by atoms with Gasteiger partial charge in [0, 0.05) is 4.90 Å². The van der Waals surface area contributed by atoms with Gasteiger partial charge in [-0.25, -0.2) is 4.79 Å². The minimum atomic E-state index is -0.599. The molecule has 0 atom stereocenters. The third-order valence-corrected chi connectivity index (χ3v) is 1.80. The number of benzene rings is 1. The summed E-state index contributed by atoms with van der Waals surface area (Å²) < 4.78 is 0. The Morgan fingerprint density at radius 3 is 2.58 bits per heavy atom. The molecule has 5 heteroatoms. The van der Waals surface area contributed by atoms with Crippen LogP contribution in [0.3, 0.4) is 0 Å².